The highest BCUT2D eigenvalue weighted by molar-refractivity contribution is 5.96. The second kappa shape index (κ2) is 11.9. The summed E-state index contributed by atoms with van der Waals surface area (Å²) in [7, 11) is 0. The number of unbranched alkanes of at least 4 members (excludes halogenated alkanes) is 1. The molecule has 0 saturated carbocycles. The first-order chi connectivity index (χ1) is 14.9. The van der Waals surface area contributed by atoms with Crippen molar-refractivity contribution in [1.29, 1.82) is 0 Å². The van der Waals surface area contributed by atoms with Gasteiger partial charge in [-0.1, -0.05) is 37.6 Å². The predicted octanol–water partition coefficient (Wildman–Crippen LogP) is 3.87. The summed E-state index contributed by atoms with van der Waals surface area (Å²) in [5.74, 6) is -1.08. The molecule has 0 spiro atoms. The van der Waals surface area contributed by atoms with Gasteiger partial charge in [-0.05, 0) is 44.5 Å². The summed E-state index contributed by atoms with van der Waals surface area (Å²) in [6.45, 7) is 5.45. The molecule has 0 radical (unpaired) electrons. The molecule has 2 aromatic rings. The normalized spacial score (nSPS) is 11.5. The number of aliphatic hydroxyl groups excluding tert-OH is 1. The number of carbonyl (C=O) groups excluding carboxylic acids is 3. The molecular formula is C24H29NO6. The first kappa shape index (κ1) is 24.1. The van der Waals surface area contributed by atoms with Crippen molar-refractivity contribution < 1.29 is 29.0 Å². The fourth-order valence-corrected chi connectivity index (χ4v) is 2.90. The van der Waals surface area contributed by atoms with Gasteiger partial charge < -0.3 is 19.5 Å². The first-order valence-electron chi connectivity index (χ1n) is 10.4. The average Bonchev–Trinajstić information content (AvgIpc) is 2.77. The average molecular weight is 427 g/mol. The van der Waals surface area contributed by atoms with Crippen molar-refractivity contribution in [2.24, 2.45) is 0 Å². The van der Waals surface area contributed by atoms with Gasteiger partial charge in [-0.15, -0.1) is 0 Å². The summed E-state index contributed by atoms with van der Waals surface area (Å²) >= 11 is 0. The van der Waals surface area contributed by atoms with E-state index in [1.165, 1.54) is 6.92 Å². The van der Waals surface area contributed by atoms with Crippen molar-refractivity contribution in [1.82, 2.24) is 0 Å². The van der Waals surface area contributed by atoms with Crippen LogP contribution in [0.15, 0.2) is 48.5 Å². The number of para-hydroxylation sites is 1. The minimum Gasteiger partial charge on any atom is -0.462 e. The molecule has 0 bridgehead atoms. The maximum absolute atomic E-state index is 13.0. The molecule has 7 nitrogen and oxygen atoms in total. The molecule has 7 heteroatoms. The molecule has 1 atom stereocenters. The Morgan fingerprint density at radius 3 is 2.48 bits per heavy atom. The quantitative estimate of drug-likeness (QED) is 0.457. The van der Waals surface area contributed by atoms with Gasteiger partial charge in [0.25, 0.3) is 0 Å². The highest BCUT2D eigenvalue weighted by atomic mass is 16.5. The molecule has 2 aromatic carbocycles. The largest absolute Gasteiger partial charge is 0.462 e. The van der Waals surface area contributed by atoms with Gasteiger partial charge in [0, 0.05) is 17.7 Å². The molecule has 1 N–H and O–H groups in total. The standard InChI is InChI=1S/C24H29NO6/c1-4-6-14-22(27)25(20-12-9-11-18(15-20)24(29)30-5-2)16-19-10-7-8-13-21(19)31-23(28)17(3)26/h7-13,15,17,26H,4-6,14,16H2,1-3H3. The molecule has 1 amide bonds. The van der Waals surface area contributed by atoms with Crippen LogP contribution in [0.5, 0.6) is 5.75 Å². The van der Waals surface area contributed by atoms with Crippen LogP contribution in [0.3, 0.4) is 0 Å². The highest BCUT2D eigenvalue weighted by Crippen LogP contribution is 2.26. The third-order valence-corrected chi connectivity index (χ3v) is 4.57. The van der Waals surface area contributed by atoms with E-state index < -0.39 is 18.0 Å². The SMILES string of the molecule is CCCCC(=O)N(Cc1ccccc1OC(=O)C(C)O)c1cccc(C(=O)OCC)c1. The molecule has 31 heavy (non-hydrogen) atoms. The molecule has 0 aromatic heterocycles. The number of anilines is 1. The number of nitrogens with zero attached hydrogens (tertiary/aromatic N) is 1. The number of carbonyl (C=O) groups is 3. The van der Waals surface area contributed by atoms with E-state index in [1.54, 1.807) is 60.4 Å². The Kier molecular flexibility index (Phi) is 9.21. The molecule has 1 unspecified atom stereocenters. The van der Waals surface area contributed by atoms with Crippen molar-refractivity contribution in [3.8, 4) is 5.75 Å². The van der Waals surface area contributed by atoms with Crippen molar-refractivity contribution in [3.05, 3.63) is 59.7 Å². The Hall–Kier alpha value is -3.19. The van der Waals surface area contributed by atoms with E-state index in [0.717, 1.165) is 12.8 Å². The summed E-state index contributed by atoms with van der Waals surface area (Å²) in [6.07, 6.45) is 0.670. The van der Waals surface area contributed by atoms with Gasteiger partial charge in [0.05, 0.1) is 18.7 Å². The van der Waals surface area contributed by atoms with Crippen LogP contribution in [-0.2, 0) is 20.9 Å². The monoisotopic (exact) mass is 427 g/mol. The Labute approximate surface area is 182 Å². The van der Waals surface area contributed by atoms with Gasteiger partial charge in [-0.25, -0.2) is 9.59 Å². The van der Waals surface area contributed by atoms with Crippen LogP contribution in [0.25, 0.3) is 0 Å². The summed E-state index contributed by atoms with van der Waals surface area (Å²) < 4.78 is 10.4. The van der Waals surface area contributed by atoms with Gasteiger partial charge in [-0.2, -0.15) is 0 Å². The number of hydrogen-bond acceptors (Lipinski definition) is 6. The second-order valence-electron chi connectivity index (χ2n) is 7.06. The Morgan fingerprint density at radius 1 is 1.06 bits per heavy atom. The first-order valence-corrected chi connectivity index (χ1v) is 10.4. The summed E-state index contributed by atoms with van der Waals surface area (Å²) in [6, 6.07) is 13.5. The third-order valence-electron chi connectivity index (χ3n) is 4.57. The van der Waals surface area contributed by atoms with E-state index in [0.29, 0.717) is 23.2 Å². The summed E-state index contributed by atoms with van der Waals surface area (Å²) in [5.41, 5.74) is 1.49. The lowest BCUT2D eigenvalue weighted by Gasteiger charge is -2.24. The van der Waals surface area contributed by atoms with Crippen LogP contribution in [0.2, 0.25) is 0 Å². The van der Waals surface area contributed by atoms with Crippen molar-refractivity contribution in [3.63, 3.8) is 0 Å². The molecule has 0 saturated heterocycles. The Balaban J connectivity index is 2.39. The number of benzene rings is 2. The van der Waals surface area contributed by atoms with Crippen LogP contribution >= 0.6 is 0 Å². The molecule has 0 aliphatic rings. The molecule has 2 rings (SSSR count). The van der Waals surface area contributed by atoms with Gasteiger partial charge in [-0.3, -0.25) is 4.79 Å². The fourth-order valence-electron chi connectivity index (χ4n) is 2.90. The van der Waals surface area contributed by atoms with Crippen LogP contribution in [0.4, 0.5) is 5.69 Å². The molecular weight excluding hydrogens is 398 g/mol. The maximum Gasteiger partial charge on any atom is 0.340 e. The Morgan fingerprint density at radius 2 is 1.81 bits per heavy atom. The van der Waals surface area contributed by atoms with Gasteiger partial charge in [0.2, 0.25) is 5.91 Å². The summed E-state index contributed by atoms with van der Waals surface area (Å²) in [4.78, 5) is 38.6. The van der Waals surface area contributed by atoms with Gasteiger partial charge in [0.1, 0.15) is 11.9 Å². The lowest BCUT2D eigenvalue weighted by Crippen LogP contribution is -2.31. The minimum absolute atomic E-state index is 0.112. The van der Waals surface area contributed by atoms with E-state index in [2.05, 4.69) is 0 Å². The third kappa shape index (κ3) is 6.93. The van der Waals surface area contributed by atoms with Crippen LogP contribution in [-0.4, -0.2) is 35.7 Å². The number of amides is 1. The van der Waals surface area contributed by atoms with E-state index in [9.17, 15) is 19.5 Å². The molecule has 0 aliphatic carbocycles. The topological polar surface area (TPSA) is 93.1 Å². The lowest BCUT2D eigenvalue weighted by atomic mass is 10.1. The fraction of sp³-hybridized carbons (Fsp3) is 0.375. The van der Waals surface area contributed by atoms with Gasteiger partial charge >= 0.3 is 11.9 Å². The van der Waals surface area contributed by atoms with E-state index in [4.69, 9.17) is 9.47 Å². The van der Waals surface area contributed by atoms with Crippen molar-refractivity contribution >= 4 is 23.5 Å². The van der Waals surface area contributed by atoms with Crippen LogP contribution in [0.1, 0.15) is 56.0 Å². The van der Waals surface area contributed by atoms with Crippen LogP contribution < -0.4 is 9.64 Å². The number of ether oxygens (including phenoxy) is 2. The predicted molar refractivity (Wildman–Crippen MR) is 117 cm³/mol. The van der Waals surface area contributed by atoms with E-state index in [1.807, 2.05) is 6.92 Å². The van der Waals surface area contributed by atoms with Crippen molar-refractivity contribution in [2.45, 2.75) is 52.7 Å². The maximum atomic E-state index is 13.0. The number of rotatable bonds is 10. The molecule has 166 valence electrons. The number of hydrogen-bond donors (Lipinski definition) is 1. The zero-order valence-electron chi connectivity index (χ0n) is 18.2. The zero-order valence-corrected chi connectivity index (χ0v) is 18.2. The minimum atomic E-state index is -1.27. The van der Waals surface area contributed by atoms with Gasteiger partial charge in [0.15, 0.2) is 0 Å². The molecule has 0 aliphatic heterocycles. The van der Waals surface area contributed by atoms with E-state index in [-0.39, 0.29) is 24.8 Å². The Bertz CT molecular complexity index is 908. The number of esters is 2. The van der Waals surface area contributed by atoms with Crippen molar-refractivity contribution in [2.75, 3.05) is 11.5 Å². The highest BCUT2D eigenvalue weighted by Gasteiger charge is 2.21. The molecule has 0 fully saturated rings. The van der Waals surface area contributed by atoms with E-state index >= 15 is 0 Å². The number of aliphatic hydroxyl groups is 1. The smallest absolute Gasteiger partial charge is 0.340 e. The second-order valence-corrected chi connectivity index (χ2v) is 7.06. The molecule has 0 heterocycles. The summed E-state index contributed by atoms with van der Waals surface area (Å²) in [5, 5.41) is 9.46. The zero-order chi connectivity index (χ0) is 22.8. The van der Waals surface area contributed by atoms with Crippen LogP contribution in [0, 0.1) is 0 Å². The lowest BCUT2D eigenvalue weighted by molar-refractivity contribution is -0.142.